The molecule has 1 unspecified atom stereocenters. The first kappa shape index (κ1) is 31.7. The molecular formula is C28H40ClN7O3S2. The number of thioether (sulfide) groups is 1. The number of rotatable bonds is 10. The summed E-state index contributed by atoms with van der Waals surface area (Å²) < 4.78 is 4.95. The number of esters is 1. The number of ether oxygens (including phenoxy) is 1. The molecule has 0 aliphatic carbocycles. The molecule has 0 saturated carbocycles. The van der Waals surface area contributed by atoms with Crippen LogP contribution in [0.2, 0.25) is 5.02 Å². The number of aromatic nitrogens is 2. The number of carbonyl (C=O) groups is 2. The number of hydrogen-bond acceptors (Lipinski definition) is 12. The normalized spacial score (nSPS) is 21.4. The largest absolute Gasteiger partial charge is 0.466 e. The standard InChI is InChI=1S/C15H22N4O3.C13H18ClN3S2/c1-3-22-15(21)4-5-18-6-7-19(12(2)10-18)14-9-16-13(11-20)8-17-14;1-15-13-16-12(10-6-9(14)8-18-10)11(19-13)7-17-4-2-3-5-17/h8-9,11-12H,3-7,10H2,1-2H3;6,8,13,15-16H,2-5,7H2,1H3/t12-;/m1./s1. The van der Waals surface area contributed by atoms with Gasteiger partial charge in [-0.05, 0) is 52.9 Å². The number of halogens is 1. The van der Waals surface area contributed by atoms with Gasteiger partial charge in [0, 0.05) is 49.1 Å². The zero-order valence-corrected chi connectivity index (χ0v) is 26.4. The summed E-state index contributed by atoms with van der Waals surface area (Å²) in [5, 5.41) is 9.66. The van der Waals surface area contributed by atoms with Crippen molar-refractivity contribution in [2.45, 2.75) is 44.6 Å². The topological polar surface area (TPSA) is 103 Å². The number of thiophene rings is 1. The Balaban J connectivity index is 0.000000191. The molecule has 0 amide bonds. The fourth-order valence-corrected chi connectivity index (χ4v) is 7.38. The molecule has 0 radical (unpaired) electrons. The van der Waals surface area contributed by atoms with Crippen molar-refractivity contribution in [3.05, 3.63) is 44.3 Å². The summed E-state index contributed by atoms with van der Waals surface area (Å²) in [6.45, 7) is 11.1. The van der Waals surface area contributed by atoms with E-state index < -0.39 is 0 Å². The lowest BCUT2D eigenvalue weighted by Crippen LogP contribution is -2.52. The predicted molar refractivity (Wildman–Crippen MR) is 167 cm³/mol. The monoisotopic (exact) mass is 621 g/mol. The van der Waals surface area contributed by atoms with Crippen LogP contribution in [-0.2, 0) is 9.53 Å². The van der Waals surface area contributed by atoms with Crippen molar-refractivity contribution in [2.24, 2.45) is 0 Å². The molecule has 41 heavy (non-hydrogen) atoms. The van der Waals surface area contributed by atoms with Crippen LogP contribution in [0.5, 0.6) is 0 Å². The van der Waals surface area contributed by atoms with Crippen molar-refractivity contribution in [3.63, 3.8) is 0 Å². The quantitative estimate of drug-likeness (QED) is 0.299. The Morgan fingerprint density at radius 3 is 2.63 bits per heavy atom. The van der Waals surface area contributed by atoms with Gasteiger partial charge < -0.3 is 15.0 Å². The summed E-state index contributed by atoms with van der Waals surface area (Å²) in [5.74, 6) is 0.635. The van der Waals surface area contributed by atoms with Gasteiger partial charge in [-0.2, -0.15) is 0 Å². The fraction of sp³-hybridized carbons (Fsp3) is 0.571. The van der Waals surface area contributed by atoms with Gasteiger partial charge in [-0.25, -0.2) is 9.97 Å². The van der Waals surface area contributed by atoms with Crippen LogP contribution in [-0.4, -0.2) is 103 Å². The van der Waals surface area contributed by atoms with Gasteiger partial charge in [0.15, 0.2) is 6.29 Å². The van der Waals surface area contributed by atoms with Crippen LogP contribution >= 0.6 is 34.7 Å². The lowest BCUT2D eigenvalue weighted by atomic mass is 10.2. The van der Waals surface area contributed by atoms with Crippen molar-refractivity contribution in [1.29, 1.82) is 0 Å². The van der Waals surface area contributed by atoms with E-state index in [1.807, 2.05) is 31.1 Å². The number of nitrogens with zero attached hydrogens (tertiary/aromatic N) is 5. The van der Waals surface area contributed by atoms with Crippen LogP contribution in [0.25, 0.3) is 5.70 Å². The highest BCUT2D eigenvalue weighted by Gasteiger charge is 2.27. The van der Waals surface area contributed by atoms with Crippen molar-refractivity contribution in [1.82, 2.24) is 30.4 Å². The Kier molecular flexibility index (Phi) is 12.3. The highest BCUT2D eigenvalue weighted by molar-refractivity contribution is 8.04. The molecule has 2 aromatic rings. The van der Waals surface area contributed by atoms with Gasteiger partial charge in [-0.3, -0.25) is 24.7 Å². The molecule has 2 saturated heterocycles. The van der Waals surface area contributed by atoms with Gasteiger partial charge in [0.2, 0.25) is 0 Å². The Hall–Kier alpha value is -2.22. The minimum Gasteiger partial charge on any atom is -0.466 e. The second-order valence-electron chi connectivity index (χ2n) is 10.2. The highest BCUT2D eigenvalue weighted by atomic mass is 35.5. The lowest BCUT2D eigenvalue weighted by Gasteiger charge is -2.40. The van der Waals surface area contributed by atoms with E-state index in [0.717, 1.165) is 37.0 Å². The number of likely N-dealkylation sites (tertiary alicyclic amines) is 1. The summed E-state index contributed by atoms with van der Waals surface area (Å²) in [5.41, 5.74) is 1.87. The predicted octanol–water partition coefficient (Wildman–Crippen LogP) is 3.76. The van der Waals surface area contributed by atoms with E-state index >= 15 is 0 Å². The zero-order valence-electron chi connectivity index (χ0n) is 24.0. The van der Waals surface area contributed by atoms with Crippen LogP contribution < -0.4 is 15.5 Å². The van der Waals surface area contributed by atoms with E-state index in [9.17, 15) is 9.59 Å². The summed E-state index contributed by atoms with van der Waals surface area (Å²) in [6, 6.07) is 2.32. The van der Waals surface area contributed by atoms with Crippen molar-refractivity contribution < 1.29 is 14.3 Å². The van der Waals surface area contributed by atoms with E-state index in [4.69, 9.17) is 16.3 Å². The summed E-state index contributed by atoms with van der Waals surface area (Å²) in [4.78, 5) is 40.0. The van der Waals surface area contributed by atoms with Crippen LogP contribution in [0.1, 0.15) is 48.5 Å². The van der Waals surface area contributed by atoms with E-state index in [-0.39, 0.29) is 17.5 Å². The molecule has 3 aliphatic rings. The van der Waals surface area contributed by atoms with E-state index in [2.05, 4.69) is 48.3 Å². The molecule has 2 atom stereocenters. The van der Waals surface area contributed by atoms with Crippen molar-refractivity contribution in [3.8, 4) is 0 Å². The van der Waals surface area contributed by atoms with Gasteiger partial charge in [-0.15, -0.1) is 11.3 Å². The molecule has 0 aromatic carbocycles. The minimum absolute atomic E-state index is 0.145. The SMILES string of the molecule is CCOC(=O)CCN1CCN(c2cnc(C=O)cn2)[C@H](C)C1.CNC1NC(c2cc(Cl)cs2)=C(CN2CCCC2)S1. The molecule has 224 valence electrons. The Labute approximate surface area is 255 Å². The Bertz CT molecular complexity index is 1170. The maximum absolute atomic E-state index is 11.4. The third-order valence-electron chi connectivity index (χ3n) is 7.18. The molecule has 3 aliphatic heterocycles. The number of piperazine rings is 1. The fourth-order valence-electron chi connectivity index (χ4n) is 5.09. The molecule has 0 bridgehead atoms. The molecule has 2 aromatic heterocycles. The van der Waals surface area contributed by atoms with Crippen molar-refractivity contribution >= 4 is 58.5 Å². The van der Waals surface area contributed by atoms with E-state index in [1.165, 1.54) is 47.6 Å². The third-order valence-corrected chi connectivity index (χ3v) is 9.68. The minimum atomic E-state index is -0.145. The average molecular weight is 622 g/mol. The van der Waals surface area contributed by atoms with Gasteiger partial charge in [-0.1, -0.05) is 23.4 Å². The third kappa shape index (κ3) is 9.13. The van der Waals surface area contributed by atoms with Gasteiger partial charge in [0.25, 0.3) is 0 Å². The van der Waals surface area contributed by atoms with Crippen LogP contribution in [0.3, 0.4) is 0 Å². The number of hydrogen-bond donors (Lipinski definition) is 2. The van der Waals surface area contributed by atoms with Crippen LogP contribution in [0, 0.1) is 0 Å². The zero-order chi connectivity index (χ0) is 29.2. The first-order chi connectivity index (χ1) is 19.9. The Morgan fingerprint density at radius 2 is 2.02 bits per heavy atom. The first-order valence-corrected chi connectivity index (χ1v) is 16.3. The van der Waals surface area contributed by atoms with E-state index in [1.54, 1.807) is 17.5 Å². The lowest BCUT2D eigenvalue weighted by molar-refractivity contribution is -0.143. The molecule has 2 fully saturated rings. The summed E-state index contributed by atoms with van der Waals surface area (Å²) >= 11 is 9.65. The summed E-state index contributed by atoms with van der Waals surface area (Å²) in [7, 11) is 1.99. The Morgan fingerprint density at radius 1 is 1.22 bits per heavy atom. The molecular weight excluding hydrogens is 582 g/mol. The molecule has 5 heterocycles. The molecule has 13 heteroatoms. The maximum atomic E-state index is 11.4. The van der Waals surface area contributed by atoms with Crippen LogP contribution in [0.15, 0.2) is 28.7 Å². The molecule has 0 spiro atoms. The van der Waals surface area contributed by atoms with Gasteiger partial charge in [0.05, 0.1) is 41.0 Å². The number of nitrogens with one attached hydrogen (secondary N) is 2. The second kappa shape index (κ2) is 15.9. The van der Waals surface area contributed by atoms with E-state index in [0.29, 0.717) is 31.6 Å². The smallest absolute Gasteiger partial charge is 0.307 e. The van der Waals surface area contributed by atoms with Crippen molar-refractivity contribution in [2.75, 3.05) is 64.4 Å². The van der Waals surface area contributed by atoms with Crippen LogP contribution in [0.4, 0.5) is 5.82 Å². The number of anilines is 1. The van der Waals surface area contributed by atoms with Gasteiger partial charge in [0.1, 0.15) is 17.0 Å². The summed E-state index contributed by atoms with van der Waals surface area (Å²) in [6.07, 6.45) is 6.90. The second-order valence-corrected chi connectivity index (χ2v) is 12.7. The highest BCUT2D eigenvalue weighted by Crippen LogP contribution is 2.38. The first-order valence-electron chi connectivity index (χ1n) is 14.1. The molecule has 5 rings (SSSR count). The van der Waals surface area contributed by atoms with Gasteiger partial charge >= 0.3 is 5.97 Å². The number of carbonyl (C=O) groups excluding carboxylic acids is 2. The number of aldehydes is 1. The molecule has 10 nitrogen and oxygen atoms in total. The maximum Gasteiger partial charge on any atom is 0.307 e. The molecule has 2 N–H and O–H groups in total. The average Bonchev–Trinajstić information content (AvgIpc) is 3.74.